The van der Waals surface area contributed by atoms with E-state index in [-0.39, 0.29) is 0 Å². The predicted molar refractivity (Wildman–Crippen MR) is 61.8 cm³/mol. The molecule has 0 atom stereocenters. The van der Waals surface area contributed by atoms with E-state index in [1.807, 2.05) is 12.4 Å². The zero-order valence-corrected chi connectivity index (χ0v) is 9.88. The van der Waals surface area contributed by atoms with Crippen LogP contribution in [0.1, 0.15) is 12.7 Å². The summed E-state index contributed by atoms with van der Waals surface area (Å²) in [5, 5.41) is 8.21. The Morgan fingerprint density at radius 1 is 1.53 bits per heavy atom. The van der Waals surface area contributed by atoms with Crippen LogP contribution in [0, 0.1) is 0 Å². The van der Waals surface area contributed by atoms with Gasteiger partial charge < -0.3 is 10.3 Å². The van der Waals surface area contributed by atoms with E-state index in [9.17, 15) is 0 Å². The average Bonchev–Trinajstić information content (AvgIpc) is 2.83. The van der Waals surface area contributed by atoms with Crippen LogP contribution in [-0.2, 0) is 12.3 Å². The number of anilines is 1. The van der Waals surface area contributed by atoms with E-state index in [1.165, 1.54) is 11.3 Å². The van der Waals surface area contributed by atoms with E-state index in [0.29, 0.717) is 5.13 Å². The van der Waals surface area contributed by atoms with E-state index >= 15 is 0 Å². The maximum atomic E-state index is 5.49. The number of nitrogen functional groups attached to an aromatic ring is 1. The lowest BCUT2D eigenvalue weighted by Crippen LogP contribution is -1.98. The van der Waals surface area contributed by atoms with Crippen molar-refractivity contribution in [2.45, 2.75) is 23.6 Å². The van der Waals surface area contributed by atoms with Crippen LogP contribution in [0.5, 0.6) is 0 Å². The Balaban J connectivity index is 1.98. The molecule has 2 heterocycles. The van der Waals surface area contributed by atoms with Crippen LogP contribution >= 0.6 is 23.1 Å². The largest absolute Gasteiger partial charge is 0.374 e. The minimum atomic E-state index is 0.510. The zero-order valence-electron chi connectivity index (χ0n) is 8.25. The molecule has 0 aliphatic rings. The molecule has 0 bridgehead atoms. The van der Waals surface area contributed by atoms with Crippen LogP contribution in [0.3, 0.4) is 0 Å². The van der Waals surface area contributed by atoms with Gasteiger partial charge in [-0.15, -0.1) is 10.2 Å². The van der Waals surface area contributed by atoms with Gasteiger partial charge in [0, 0.05) is 18.9 Å². The third kappa shape index (κ3) is 2.48. The van der Waals surface area contributed by atoms with Crippen LogP contribution in [-0.4, -0.2) is 19.7 Å². The fourth-order valence-corrected chi connectivity index (χ4v) is 2.78. The highest BCUT2D eigenvalue weighted by molar-refractivity contribution is 8.00. The predicted octanol–water partition coefficient (Wildman–Crippen LogP) is 1.63. The Bertz CT molecular complexity index is 436. The standard InChI is InChI=1S/C8H11N5S2/c1-2-13-4-3-10-6(13)5-14-8-12-11-7(9)15-8/h3-4H,2,5H2,1H3,(H2,9,11). The van der Waals surface area contributed by atoms with Gasteiger partial charge in [-0.2, -0.15) is 0 Å². The van der Waals surface area contributed by atoms with Crippen LogP contribution in [0.4, 0.5) is 5.13 Å². The Kier molecular flexibility index (Phi) is 3.22. The molecule has 0 amide bonds. The highest BCUT2D eigenvalue weighted by Crippen LogP contribution is 2.26. The van der Waals surface area contributed by atoms with Gasteiger partial charge in [-0.05, 0) is 6.92 Å². The Morgan fingerprint density at radius 3 is 3.07 bits per heavy atom. The van der Waals surface area contributed by atoms with Crippen molar-refractivity contribution >= 4 is 28.2 Å². The lowest BCUT2D eigenvalue weighted by atomic mass is 10.6. The second-order valence-corrected chi connectivity index (χ2v) is 5.06. The highest BCUT2D eigenvalue weighted by Gasteiger charge is 2.05. The Morgan fingerprint density at radius 2 is 2.40 bits per heavy atom. The molecule has 0 aliphatic heterocycles. The van der Waals surface area contributed by atoms with E-state index in [2.05, 4.69) is 26.7 Å². The molecule has 0 aromatic carbocycles. The number of rotatable bonds is 4. The summed E-state index contributed by atoms with van der Waals surface area (Å²) in [5.74, 6) is 1.85. The van der Waals surface area contributed by atoms with Crippen LogP contribution in [0.25, 0.3) is 0 Å². The average molecular weight is 241 g/mol. The monoisotopic (exact) mass is 241 g/mol. The van der Waals surface area contributed by atoms with E-state index in [4.69, 9.17) is 5.73 Å². The number of nitrogens with zero attached hydrogens (tertiary/aromatic N) is 4. The first-order chi connectivity index (χ1) is 7.29. The van der Waals surface area contributed by atoms with E-state index in [0.717, 1.165) is 22.5 Å². The fourth-order valence-electron chi connectivity index (χ4n) is 1.17. The number of imidazole rings is 1. The van der Waals surface area contributed by atoms with Crippen molar-refractivity contribution in [2.75, 3.05) is 5.73 Å². The molecule has 0 aliphatic carbocycles. The molecule has 0 saturated heterocycles. The summed E-state index contributed by atoms with van der Waals surface area (Å²) in [6.07, 6.45) is 3.79. The molecule has 5 nitrogen and oxygen atoms in total. The van der Waals surface area contributed by atoms with Gasteiger partial charge in [0.2, 0.25) is 5.13 Å². The summed E-state index contributed by atoms with van der Waals surface area (Å²) in [6, 6.07) is 0. The molecule has 0 spiro atoms. The Hall–Kier alpha value is -1.08. The maximum absolute atomic E-state index is 5.49. The Labute approximate surface area is 95.7 Å². The van der Waals surface area contributed by atoms with Crippen LogP contribution < -0.4 is 5.73 Å². The summed E-state index contributed by atoms with van der Waals surface area (Å²) in [7, 11) is 0. The van der Waals surface area contributed by atoms with E-state index in [1.54, 1.807) is 11.8 Å². The molecule has 80 valence electrons. The fraction of sp³-hybridized carbons (Fsp3) is 0.375. The molecule has 7 heteroatoms. The quantitative estimate of drug-likeness (QED) is 0.824. The third-order valence-corrected chi connectivity index (χ3v) is 3.77. The van der Waals surface area contributed by atoms with Crippen molar-refractivity contribution in [3.8, 4) is 0 Å². The molecule has 2 aromatic rings. The zero-order chi connectivity index (χ0) is 10.7. The molecular formula is C8H11N5S2. The summed E-state index contributed by atoms with van der Waals surface area (Å²) in [5.41, 5.74) is 5.49. The van der Waals surface area contributed by atoms with E-state index < -0.39 is 0 Å². The topological polar surface area (TPSA) is 69.6 Å². The molecular weight excluding hydrogens is 230 g/mol. The molecule has 2 rings (SSSR count). The maximum Gasteiger partial charge on any atom is 0.203 e. The van der Waals surface area contributed by atoms with Gasteiger partial charge in [0.1, 0.15) is 5.82 Å². The molecule has 0 saturated carbocycles. The number of hydrogen-bond donors (Lipinski definition) is 1. The SMILES string of the molecule is CCn1ccnc1CSc1nnc(N)s1. The molecule has 0 radical (unpaired) electrons. The summed E-state index contributed by atoms with van der Waals surface area (Å²) in [6.45, 7) is 3.03. The molecule has 0 fully saturated rings. The second-order valence-electron chi connectivity index (χ2n) is 2.82. The van der Waals surface area contributed by atoms with Gasteiger partial charge in [0.15, 0.2) is 4.34 Å². The van der Waals surface area contributed by atoms with Crippen molar-refractivity contribution in [1.29, 1.82) is 0 Å². The lowest BCUT2D eigenvalue weighted by molar-refractivity contribution is 0.725. The number of thioether (sulfide) groups is 1. The third-order valence-electron chi connectivity index (χ3n) is 1.89. The minimum absolute atomic E-state index is 0.510. The summed E-state index contributed by atoms with van der Waals surface area (Å²) < 4.78 is 3.00. The highest BCUT2D eigenvalue weighted by atomic mass is 32.2. The molecule has 15 heavy (non-hydrogen) atoms. The smallest absolute Gasteiger partial charge is 0.203 e. The van der Waals surface area contributed by atoms with Crippen molar-refractivity contribution in [1.82, 2.24) is 19.7 Å². The first-order valence-corrected chi connectivity index (χ1v) is 6.31. The molecule has 0 unspecified atom stereocenters. The van der Waals surface area contributed by atoms with Gasteiger partial charge in [-0.1, -0.05) is 23.1 Å². The van der Waals surface area contributed by atoms with Crippen molar-refractivity contribution in [3.63, 3.8) is 0 Å². The first-order valence-electron chi connectivity index (χ1n) is 4.51. The van der Waals surface area contributed by atoms with Crippen molar-refractivity contribution < 1.29 is 0 Å². The van der Waals surface area contributed by atoms with Crippen LogP contribution in [0.2, 0.25) is 0 Å². The molecule has 2 N–H and O–H groups in total. The number of nitrogens with two attached hydrogens (primary N) is 1. The lowest BCUT2D eigenvalue weighted by Gasteiger charge is -2.01. The summed E-state index contributed by atoms with van der Waals surface area (Å²) >= 11 is 3.01. The van der Waals surface area contributed by atoms with Gasteiger partial charge in [-0.25, -0.2) is 4.98 Å². The van der Waals surface area contributed by atoms with Gasteiger partial charge in [0.25, 0.3) is 0 Å². The van der Waals surface area contributed by atoms with Crippen LogP contribution in [0.15, 0.2) is 16.7 Å². The minimum Gasteiger partial charge on any atom is -0.374 e. The van der Waals surface area contributed by atoms with Gasteiger partial charge in [0.05, 0.1) is 5.75 Å². The first kappa shape index (κ1) is 10.4. The number of aryl methyl sites for hydroxylation is 1. The molecule has 2 aromatic heterocycles. The number of hydrogen-bond acceptors (Lipinski definition) is 6. The number of aromatic nitrogens is 4. The second kappa shape index (κ2) is 4.63. The van der Waals surface area contributed by atoms with Gasteiger partial charge in [-0.3, -0.25) is 0 Å². The van der Waals surface area contributed by atoms with Crippen molar-refractivity contribution in [3.05, 3.63) is 18.2 Å². The summed E-state index contributed by atoms with van der Waals surface area (Å²) in [4.78, 5) is 4.28. The van der Waals surface area contributed by atoms with Crippen molar-refractivity contribution in [2.24, 2.45) is 0 Å². The normalized spacial score (nSPS) is 10.7. The van der Waals surface area contributed by atoms with Gasteiger partial charge >= 0.3 is 0 Å².